The molecule has 0 saturated carbocycles. The van der Waals surface area contributed by atoms with Gasteiger partial charge in [-0.15, -0.1) is 0 Å². The SMILES string of the molecule is O=C1CCC(N2Cc3cc(CN4CCN(Cc5ccccc5-c5ccc(Cl)cc5)C4=O)ccc3C2=O)C(=O)N1. The molecular weight excluding hydrogens is 516 g/mol. The van der Waals surface area contributed by atoms with Crippen LogP contribution in [-0.4, -0.2) is 57.6 Å². The highest BCUT2D eigenvalue weighted by molar-refractivity contribution is 6.30. The molecule has 39 heavy (non-hydrogen) atoms. The molecule has 6 rings (SSSR count). The number of benzene rings is 3. The molecule has 198 valence electrons. The third-order valence-corrected chi connectivity index (χ3v) is 7.93. The van der Waals surface area contributed by atoms with E-state index in [0.29, 0.717) is 49.7 Å². The molecule has 8 nitrogen and oxygen atoms in total. The molecule has 3 aromatic rings. The number of carbonyl (C=O) groups excluding carboxylic acids is 4. The number of rotatable bonds is 6. The third-order valence-electron chi connectivity index (χ3n) is 7.68. The molecule has 2 fully saturated rings. The molecule has 0 spiro atoms. The van der Waals surface area contributed by atoms with E-state index in [0.717, 1.165) is 27.8 Å². The van der Waals surface area contributed by atoms with Gasteiger partial charge in [-0.25, -0.2) is 4.79 Å². The van der Waals surface area contributed by atoms with Crippen molar-refractivity contribution in [1.82, 2.24) is 20.0 Å². The van der Waals surface area contributed by atoms with Gasteiger partial charge in [0, 0.05) is 49.7 Å². The van der Waals surface area contributed by atoms with Gasteiger partial charge in [-0.1, -0.05) is 60.1 Å². The Kier molecular flexibility index (Phi) is 6.56. The first-order chi connectivity index (χ1) is 18.9. The van der Waals surface area contributed by atoms with Crippen LogP contribution in [0.2, 0.25) is 5.02 Å². The molecule has 0 aliphatic carbocycles. The van der Waals surface area contributed by atoms with Gasteiger partial charge in [0.15, 0.2) is 0 Å². The molecule has 1 N–H and O–H groups in total. The van der Waals surface area contributed by atoms with Crippen molar-refractivity contribution < 1.29 is 19.2 Å². The summed E-state index contributed by atoms with van der Waals surface area (Å²) < 4.78 is 0. The van der Waals surface area contributed by atoms with E-state index in [1.54, 1.807) is 6.07 Å². The molecule has 2 saturated heterocycles. The maximum absolute atomic E-state index is 13.3. The molecule has 9 heteroatoms. The number of piperidine rings is 1. The lowest BCUT2D eigenvalue weighted by molar-refractivity contribution is -0.136. The molecule has 0 radical (unpaired) electrons. The van der Waals surface area contributed by atoms with Crippen LogP contribution in [0.5, 0.6) is 0 Å². The van der Waals surface area contributed by atoms with Crippen LogP contribution < -0.4 is 5.32 Å². The zero-order valence-corrected chi connectivity index (χ0v) is 22.0. The summed E-state index contributed by atoms with van der Waals surface area (Å²) in [6, 6.07) is 20.7. The second-order valence-electron chi connectivity index (χ2n) is 10.2. The Morgan fingerprint density at radius 3 is 2.36 bits per heavy atom. The van der Waals surface area contributed by atoms with E-state index < -0.39 is 11.9 Å². The summed E-state index contributed by atoms with van der Waals surface area (Å²) in [6.45, 7) is 2.50. The summed E-state index contributed by atoms with van der Waals surface area (Å²) in [4.78, 5) is 55.3. The number of carbonyl (C=O) groups is 4. The Labute approximate surface area is 231 Å². The van der Waals surface area contributed by atoms with Crippen LogP contribution >= 0.6 is 11.6 Å². The molecule has 5 amide bonds. The van der Waals surface area contributed by atoms with E-state index in [1.807, 2.05) is 64.4 Å². The van der Waals surface area contributed by atoms with E-state index >= 15 is 0 Å². The molecule has 3 aliphatic rings. The van der Waals surface area contributed by atoms with Gasteiger partial charge in [-0.3, -0.25) is 19.7 Å². The standard InChI is InChI=1S/C30H27ClN4O4/c31-23-8-6-20(7-9-23)24-4-2-1-3-21(24)17-34-14-13-33(30(34)39)16-19-5-10-25-22(15-19)18-35(29(25)38)26-11-12-27(36)32-28(26)37/h1-10,15,26H,11-14,16-18H2,(H,32,36,37). The van der Waals surface area contributed by atoms with Crippen molar-refractivity contribution in [1.29, 1.82) is 0 Å². The minimum absolute atomic E-state index is 0.0253. The van der Waals surface area contributed by atoms with Crippen LogP contribution in [0.4, 0.5) is 4.79 Å². The fraction of sp³-hybridized carbons (Fsp3) is 0.267. The van der Waals surface area contributed by atoms with Crippen molar-refractivity contribution in [2.45, 2.75) is 38.5 Å². The van der Waals surface area contributed by atoms with Crippen molar-refractivity contribution in [3.05, 3.63) is 94.0 Å². The van der Waals surface area contributed by atoms with Gasteiger partial charge in [0.25, 0.3) is 5.91 Å². The molecule has 3 heterocycles. The fourth-order valence-electron chi connectivity index (χ4n) is 5.65. The summed E-state index contributed by atoms with van der Waals surface area (Å²) in [7, 11) is 0. The first-order valence-electron chi connectivity index (χ1n) is 13.0. The molecule has 3 aliphatic heterocycles. The maximum atomic E-state index is 13.3. The smallest absolute Gasteiger partial charge is 0.320 e. The number of nitrogens with one attached hydrogen (secondary N) is 1. The Morgan fingerprint density at radius 2 is 1.59 bits per heavy atom. The number of urea groups is 1. The Morgan fingerprint density at radius 1 is 0.846 bits per heavy atom. The van der Waals surface area contributed by atoms with Crippen molar-refractivity contribution in [3.8, 4) is 11.1 Å². The largest absolute Gasteiger partial charge is 0.322 e. The van der Waals surface area contributed by atoms with E-state index in [-0.39, 0.29) is 24.3 Å². The zero-order chi connectivity index (χ0) is 27.1. The normalized spacial score (nSPS) is 19.1. The van der Waals surface area contributed by atoms with E-state index in [1.165, 1.54) is 4.90 Å². The predicted molar refractivity (Wildman–Crippen MR) is 146 cm³/mol. The monoisotopic (exact) mass is 542 g/mol. The van der Waals surface area contributed by atoms with Crippen molar-refractivity contribution in [2.75, 3.05) is 13.1 Å². The van der Waals surface area contributed by atoms with Gasteiger partial charge in [0.1, 0.15) is 6.04 Å². The highest BCUT2D eigenvalue weighted by atomic mass is 35.5. The lowest BCUT2D eigenvalue weighted by atomic mass is 9.99. The molecule has 0 aromatic heterocycles. The summed E-state index contributed by atoms with van der Waals surface area (Å²) in [5.74, 6) is -0.928. The van der Waals surface area contributed by atoms with Gasteiger partial charge in [0.05, 0.1) is 0 Å². The second-order valence-corrected chi connectivity index (χ2v) is 10.6. The topological polar surface area (TPSA) is 90.0 Å². The van der Waals surface area contributed by atoms with Crippen LogP contribution in [0.1, 0.15) is 39.9 Å². The van der Waals surface area contributed by atoms with Crippen LogP contribution in [0.3, 0.4) is 0 Å². The highest BCUT2D eigenvalue weighted by Crippen LogP contribution is 2.30. The summed E-state index contributed by atoms with van der Waals surface area (Å²) >= 11 is 6.06. The third kappa shape index (κ3) is 4.88. The number of fused-ring (bicyclic) bond motifs is 1. The predicted octanol–water partition coefficient (Wildman–Crippen LogP) is 4.21. The van der Waals surface area contributed by atoms with Crippen LogP contribution in [0, 0.1) is 0 Å². The fourth-order valence-corrected chi connectivity index (χ4v) is 5.77. The first-order valence-corrected chi connectivity index (χ1v) is 13.4. The van der Waals surface area contributed by atoms with E-state index in [2.05, 4.69) is 11.4 Å². The van der Waals surface area contributed by atoms with Crippen LogP contribution in [0.15, 0.2) is 66.7 Å². The minimum Gasteiger partial charge on any atom is -0.322 e. The molecule has 1 atom stereocenters. The van der Waals surface area contributed by atoms with Crippen molar-refractivity contribution >= 4 is 35.4 Å². The molecule has 0 bridgehead atoms. The molecule has 1 unspecified atom stereocenters. The van der Waals surface area contributed by atoms with E-state index in [4.69, 9.17) is 11.6 Å². The first kappa shape index (κ1) is 25.1. The number of hydrogen-bond donors (Lipinski definition) is 1. The van der Waals surface area contributed by atoms with Gasteiger partial charge in [0.2, 0.25) is 11.8 Å². The minimum atomic E-state index is -0.643. The van der Waals surface area contributed by atoms with Gasteiger partial charge in [-0.2, -0.15) is 0 Å². The van der Waals surface area contributed by atoms with Crippen LogP contribution in [-0.2, 0) is 29.2 Å². The van der Waals surface area contributed by atoms with Crippen LogP contribution in [0.25, 0.3) is 11.1 Å². The van der Waals surface area contributed by atoms with Gasteiger partial charge < -0.3 is 14.7 Å². The average molecular weight is 543 g/mol. The summed E-state index contributed by atoms with van der Waals surface area (Å²) in [6.07, 6.45) is 0.552. The number of imide groups is 1. The number of halogens is 1. The molecule has 3 aromatic carbocycles. The van der Waals surface area contributed by atoms with E-state index in [9.17, 15) is 19.2 Å². The Hall–Kier alpha value is -4.17. The second kappa shape index (κ2) is 10.2. The van der Waals surface area contributed by atoms with Crippen molar-refractivity contribution in [2.24, 2.45) is 0 Å². The zero-order valence-electron chi connectivity index (χ0n) is 21.2. The average Bonchev–Trinajstić information content (AvgIpc) is 3.43. The number of hydrogen-bond acceptors (Lipinski definition) is 4. The van der Waals surface area contributed by atoms with Gasteiger partial charge in [-0.05, 0) is 52.4 Å². The quantitative estimate of drug-likeness (QED) is 0.473. The lowest BCUT2D eigenvalue weighted by Crippen LogP contribution is -2.52. The number of nitrogens with zero attached hydrogens (tertiary/aromatic N) is 3. The summed E-state index contributed by atoms with van der Waals surface area (Å²) in [5.41, 5.74) is 5.53. The lowest BCUT2D eigenvalue weighted by Gasteiger charge is -2.29. The van der Waals surface area contributed by atoms with Crippen molar-refractivity contribution in [3.63, 3.8) is 0 Å². The Balaban J connectivity index is 1.13. The highest BCUT2D eigenvalue weighted by Gasteiger charge is 2.39. The Bertz CT molecular complexity index is 1490. The summed E-state index contributed by atoms with van der Waals surface area (Å²) in [5, 5.41) is 3.01. The molecular formula is C30H27ClN4O4. The maximum Gasteiger partial charge on any atom is 0.320 e. The number of amides is 5. The van der Waals surface area contributed by atoms with Gasteiger partial charge >= 0.3 is 6.03 Å².